The number of thioether (sulfide) groups is 1. The lowest BCUT2D eigenvalue weighted by atomic mass is 9.93. The van der Waals surface area contributed by atoms with Crippen molar-refractivity contribution in [3.8, 4) is 17.2 Å². The Morgan fingerprint density at radius 1 is 1.12 bits per heavy atom. The van der Waals surface area contributed by atoms with Crippen molar-refractivity contribution in [1.82, 2.24) is 4.37 Å². The highest BCUT2D eigenvalue weighted by molar-refractivity contribution is 8.00. The maximum Gasteiger partial charge on any atom is 0.0991 e. The molecular formula is C20H20N2S2. The highest BCUT2D eigenvalue weighted by atomic mass is 32.2. The van der Waals surface area contributed by atoms with E-state index in [1.165, 1.54) is 32.1 Å². The Kier molecular flexibility index (Phi) is 4.67. The predicted octanol–water partition coefficient (Wildman–Crippen LogP) is 6.36. The molecule has 2 aromatic carbocycles. The largest absolute Gasteiger partial charge is 0.200 e. The fourth-order valence-electron chi connectivity index (χ4n) is 2.37. The van der Waals surface area contributed by atoms with E-state index in [-0.39, 0.29) is 5.41 Å². The smallest absolute Gasteiger partial charge is 0.0991 e. The number of benzene rings is 2. The molecule has 0 amide bonds. The summed E-state index contributed by atoms with van der Waals surface area (Å²) in [5, 5.41) is 10.7. The van der Waals surface area contributed by atoms with E-state index < -0.39 is 0 Å². The normalized spacial score (nSPS) is 13.0. The molecule has 2 nitrogen and oxygen atoms in total. The van der Waals surface area contributed by atoms with Crippen LogP contribution in [0.3, 0.4) is 0 Å². The van der Waals surface area contributed by atoms with Gasteiger partial charge in [-0.25, -0.2) is 0 Å². The lowest BCUT2D eigenvalue weighted by Crippen LogP contribution is -2.19. The molecule has 0 aliphatic heterocycles. The Bertz CT molecular complexity index is 896. The van der Waals surface area contributed by atoms with E-state index in [2.05, 4.69) is 50.3 Å². The van der Waals surface area contributed by atoms with Crippen LogP contribution in [0.5, 0.6) is 0 Å². The second-order valence-corrected chi connectivity index (χ2v) is 9.18. The quantitative estimate of drug-likeness (QED) is 0.514. The minimum absolute atomic E-state index is 0.231. The summed E-state index contributed by atoms with van der Waals surface area (Å²) in [6.45, 7) is 9.11. The van der Waals surface area contributed by atoms with Crippen molar-refractivity contribution in [2.75, 3.05) is 0 Å². The predicted molar refractivity (Wildman–Crippen MR) is 105 cm³/mol. The van der Waals surface area contributed by atoms with Gasteiger partial charge in [-0.15, -0.1) is 11.8 Å². The van der Waals surface area contributed by atoms with Crippen molar-refractivity contribution < 1.29 is 0 Å². The number of hydrogen-bond acceptors (Lipinski definition) is 4. The highest BCUT2D eigenvalue weighted by Crippen LogP contribution is 2.43. The zero-order chi connectivity index (χ0) is 17.3. The first-order chi connectivity index (χ1) is 11.4. The van der Waals surface area contributed by atoms with Crippen LogP contribution in [0.4, 0.5) is 0 Å². The molecular weight excluding hydrogens is 332 g/mol. The van der Waals surface area contributed by atoms with Gasteiger partial charge in [-0.1, -0.05) is 45.9 Å². The van der Waals surface area contributed by atoms with Crippen molar-refractivity contribution >= 4 is 33.4 Å². The minimum atomic E-state index is 0.231. The first kappa shape index (κ1) is 17.0. The van der Waals surface area contributed by atoms with Gasteiger partial charge in [0, 0.05) is 27.3 Å². The van der Waals surface area contributed by atoms with E-state index in [1.807, 2.05) is 42.2 Å². The lowest BCUT2D eigenvalue weighted by molar-refractivity contribution is 0.411. The van der Waals surface area contributed by atoms with Gasteiger partial charge in [0.05, 0.1) is 16.3 Å². The third-order valence-electron chi connectivity index (χ3n) is 4.31. The van der Waals surface area contributed by atoms with Gasteiger partial charge in [-0.3, -0.25) is 0 Å². The Hall–Kier alpha value is -1.83. The number of aromatic nitrogens is 1. The van der Waals surface area contributed by atoms with Gasteiger partial charge in [0.2, 0.25) is 0 Å². The second-order valence-electron chi connectivity index (χ2n) is 7.00. The van der Waals surface area contributed by atoms with Crippen molar-refractivity contribution in [3.05, 3.63) is 48.2 Å². The number of nitrogens with zero attached hydrogens (tertiary/aromatic N) is 2. The summed E-state index contributed by atoms with van der Waals surface area (Å²) in [5.74, 6) is 0. The number of fused-ring (bicyclic) bond motifs is 1. The van der Waals surface area contributed by atoms with Crippen LogP contribution in [0.2, 0.25) is 0 Å². The van der Waals surface area contributed by atoms with Gasteiger partial charge < -0.3 is 0 Å². The van der Waals surface area contributed by atoms with Crippen molar-refractivity contribution in [3.63, 3.8) is 0 Å². The summed E-state index contributed by atoms with van der Waals surface area (Å²) >= 11 is 3.45. The molecule has 0 fully saturated rings. The Morgan fingerprint density at radius 3 is 2.46 bits per heavy atom. The van der Waals surface area contributed by atoms with Crippen molar-refractivity contribution in [2.24, 2.45) is 5.41 Å². The van der Waals surface area contributed by atoms with E-state index in [0.29, 0.717) is 10.8 Å². The topological polar surface area (TPSA) is 36.7 Å². The van der Waals surface area contributed by atoms with E-state index in [9.17, 15) is 0 Å². The maximum atomic E-state index is 9.04. The minimum Gasteiger partial charge on any atom is -0.200 e. The molecule has 0 N–H and O–H groups in total. The molecule has 0 aliphatic rings. The van der Waals surface area contributed by atoms with Crippen molar-refractivity contribution in [2.45, 2.75) is 37.8 Å². The average Bonchev–Trinajstić information content (AvgIpc) is 3.02. The molecule has 1 atom stereocenters. The highest BCUT2D eigenvalue weighted by Gasteiger charge is 2.23. The third-order valence-corrected chi connectivity index (χ3v) is 6.80. The second kappa shape index (κ2) is 6.58. The van der Waals surface area contributed by atoms with Crippen molar-refractivity contribution in [1.29, 1.82) is 5.26 Å². The summed E-state index contributed by atoms with van der Waals surface area (Å²) < 4.78 is 5.58. The summed E-state index contributed by atoms with van der Waals surface area (Å²) in [4.78, 5) is 1.28. The molecule has 4 heteroatoms. The molecule has 1 heterocycles. The first-order valence-corrected chi connectivity index (χ1v) is 9.60. The molecule has 0 aliphatic carbocycles. The molecule has 0 bridgehead atoms. The van der Waals surface area contributed by atoms with Crippen LogP contribution in [0.25, 0.3) is 21.2 Å². The molecule has 0 spiro atoms. The monoisotopic (exact) mass is 352 g/mol. The molecule has 24 heavy (non-hydrogen) atoms. The molecule has 0 radical (unpaired) electrons. The lowest BCUT2D eigenvalue weighted by Gasteiger charge is -2.27. The SMILES string of the molecule is CC(Sc1ccc2cnsc2c1-c1ccc(C#N)cc1)C(C)(C)C. The third kappa shape index (κ3) is 3.33. The molecule has 122 valence electrons. The van der Waals surface area contributed by atoms with Gasteiger partial charge >= 0.3 is 0 Å². The van der Waals surface area contributed by atoms with E-state index in [4.69, 9.17) is 5.26 Å². The fourth-order valence-corrected chi connectivity index (χ4v) is 4.47. The van der Waals surface area contributed by atoms with E-state index in [1.54, 1.807) is 0 Å². The van der Waals surface area contributed by atoms with Crippen LogP contribution in [0.15, 0.2) is 47.5 Å². The van der Waals surface area contributed by atoms with Crippen LogP contribution in [-0.2, 0) is 0 Å². The molecule has 1 unspecified atom stereocenters. The van der Waals surface area contributed by atoms with Crippen LogP contribution >= 0.6 is 23.3 Å². The van der Waals surface area contributed by atoms with Gasteiger partial charge in [0.15, 0.2) is 0 Å². The number of hydrogen-bond donors (Lipinski definition) is 0. The zero-order valence-corrected chi connectivity index (χ0v) is 16.0. The Morgan fingerprint density at radius 2 is 1.83 bits per heavy atom. The first-order valence-electron chi connectivity index (χ1n) is 7.95. The summed E-state index contributed by atoms with van der Waals surface area (Å²) in [6.07, 6.45) is 1.93. The number of nitriles is 1. The molecule has 1 aromatic heterocycles. The fraction of sp³-hybridized carbons (Fsp3) is 0.300. The Balaban J connectivity index is 2.14. The summed E-state index contributed by atoms with van der Waals surface area (Å²) in [6, 6.07) is 14.4. The van der Waals surface area contributed by atoms with E-state index >= 15 is 0 Å². The average molecular weight is 353 g/mol. The standard InChI is InChI=1S/C20H20N2S2/c1-13(20(2,3)4)23-17-10-9-16-12-22-24-19(16)18(17)15-7-5-14(11-21)6-8-15/h5-10,12-13H,1-4H3. The van der Waals surface area contributed by atoms with E-state index in [0.717, 1.165) is 5.56 Å². The molecule has 3 aromatic rings. The summed E-state index contributed by atoms with van der Waals surface area (Å²) in [5.41, 5.74) is 3.30. The van der Waals surface area contributed by atoms with Crippen LogP contribution in [0, 0.1) is 16.7 Å². The maximum absolute atomic E-state index is 9.04. The molecule has 0 saturated heterocycles. The van der Waals surface area contributed by atoms with Gasteiger partial charge in [0.1, 0.15) is 0 Å². The van der Waals surface area contributed by atoms with Gasteiger partial charge in [0.25, 0.3) is 0 Å². The molecule has 0 saturated carbocycles. The zero-order valence-electron chi connectivity index (χ0n) is 14.3. The summed E-state index contributed by atoms with van der Waals surface area (Å²) in [7, 11) is 0. The van der Waals surface area contributed by atoms with Crippen LogP contribution < -0.4 is 0 Å². The van der Waals surface area contributed by atoms with Crippen LogP contribution in [-0.4, -0.2) is 9.62 Å². The number of rotatable bonds is 3. The van der Waals surface area contributed by atoms with Crippen LogP contribution in [0.1, 0.15) is 33.3 Å². The van der Waals surface area contributed by atoms with Gasteiger partial charge in [-0.2, -0.15) is 9.64 Å². The molecule has 3 rings (SSSR count). The van der Waals surface area contributed by atoms with Gasteiger partial charge in [-0.05, 0) is 40.7 Å². The Labute approximate surface area is 151 Å².